The van der Waals surface area contributed by atoms with E-state index in [9.17, 15) is 23.1 Å². The zero-order chi connectivity index (χ0) is 29.0. The van der Waals surface area contributed by atoms with Gasteiger partial charge in [0.1, 0.15) is 11.8 Å². The molecule has 3 aromatic carbocycles. The molecule has 3 rings (SSSR count). The number of benzene rings is 3. The standard InChI is InChI=1S/C30H37N3O6S/c1-39-27-16-14-26(15-17-27)22-33(28(30(36)31-18-9-19-34)20-24-10-5-3-6-11-24)29(35)23-32(40(2,37)38)21-25-12-7-4-8-13-25/h3-8,10-17,28,34H,9,18-23H2,1-2H3,(H,31,36)/t28-/m1/s1. The van der Waals surface area contributed by atoms with Gasteiger partial charge in [-0.05, 0) is 35.2 Å². The molecule has 0 heterocycles. The zero-order valence-corrected chi connectivity index (χ0v) is 23.7. The Morgan fingerprint density at radius 2 is 1.45 bits per heavy atom. The minimum atomic E-state index is -3.75. The maximum Gasteiger partial charge on any atom is 0.243 e. The van der Waals surface area contributed by atoms with E-state index in [0.717, 1.165) is 27.3 Å². The minimum absolute atomic E-state index is 0.0217. The normalized spacial score (nSPS) is 12.1. The Hall–Kier alpha value is -3.73. The fraction of sp³-hybridized carbons (Fsp3) is 0.333. The van der Waals surface area contributed by atoms with Crippen molar-refractivity contribution in [2.45, 2.75) is 32.0 Å². The number of carbonyl (C=O) groups excluding carboxylic acids is 2. The third kappa shape index (κ3) is 9.48. The third-order valence-corrected chi connectivity index (χ3v) is 7.60. The van der Waals surface area contributed by atoms with Crippen LogP contribution in [0, 0.1) is 0 Å². The van der Waals surface area contributed by atoms with E-state index in [-0.39, 0.29) is 38.6 Å². The lowest BCUT2D eigenvalue weighted by molar-refractivity contribution is -0.141. The van der Waals surface area contributed by atoms with Crippen molar-refractivity contribution < 1.29 is 27.9 Å². The topological polar surface area (TPSA) is 116 Å². The number of nitrogens with zero attached hydrogens (tertiary/aromatic N) is 2. The van der Waals surface area contributed by atoms with Crippen LogP contribution in [0.2, 0.25) is 0 Å². The van der Waals surface area contributed by atoms with Crippen LogP contribution in [0.25, 0.3) is 0 Å². The third-order valence-electron chi connectivity index (χ3n) is 6.40. The van der Waals surface area contributed by atoms with Crippen LogP contribution in [-0.4, -0.2) is 73.6 Å². The van der Waals surface area contributed by atoms with Crippen molar-refractivity contribution in [3.05, 3.63) is 102 Å². The van der Waals surface area contributed by atoms with Gasteiger partial charge < -0.3 is 20.1 Å². The fourth-order valence-electron chi connectivity index (χ4n) is 4.21. The van der Waals surface area contributed by atoms with Gasteiger partial charge >= 0.3 is 0 Å². The van der Waals surface area contributed by atoms with Gasteiger partial charge in [0.2, 0.25) is 21.8 Å². The lowest BCUT2D eigenvalue weighted by atomic mass is 10.0. The van der Waals surface area contributed by atoms with E-state index in [0.29, 0.717) is 12.2 Å². The van der Waals surface area contributed by atoms with E-state index < -0.39 is 28.5 Å². The lowest BCUT2D eigenvalue weighted by Crippen LogP contribution is -2.53. The number of ether oxygens (including phenoxy) is 1. The summed E-state index contributed by atoms with van der Waals surface area (Å²) in [7, 11) is -2.20. The number of aliphatic hydroxyl groups excluding tert-OH is 1. The summed E-state index contributed by atoms with van der Waals surface area (Å²) >= 11 is 0. The second kappa shape index (κ2) is 15.2. The Balaban J connectivity index is 1.97. The average Bonchev–Trinajstić information content (AvgIpc) is 2.95. The molecule has 0 bridgehead atoms. The summed E-state index contributed by atoms with van der Waals surface area (Å²) in [5.74, 6) is -0.237. The number of aliphatic hydroxyl groups is 1. The molecule has 0 fully saturated rings. The van der Waals surface area contributed by atoms with Crippen molar-refractivity contribution in [3.8, 4) is 5.75 Å². The molecule has 40 heavy (non-hydrogen) atoms. The molecule has 10 heteroatoms. The zero-order valence-electron chi connectivity index (χ0n) is 22.9. The summed E-state index contributed by atoms with van der Waals surface area (Å²) in [6.07, 6.45) is 1.67. The first-order valence-corrected chi connectivity index (χ1v) is 14.9. The highest BCUT2D eigenvalue weighted by atomic mass is 32.2. The van der Waals surface area contributed by atoms with Crippen LogP contribution in [0.5, 0.6) is 5.75 Å². The quantitative estimate of drug-likeness (QED) is 0.273. The van der Waals surface area contributed by atoms with E-state index in [1.165, 1.54) is 4.90 Å². The summed E-state index contributed by atoms with van der Waals surface area (Å²) < 4.78 is 31.8. The monoisotopic (exact) mass is 567 g/mol. The number of hydrogen-bond acceptors (Lipinski definition) is 6. The maximum absolute atomic E-state index is 14.0. The van der Waals surface area contributed by atoms with E-state index >= 15 is 0 Å². The molecule has 0 radical (unpaired) electrons. The number of rotatable bonds is 15. The first-order valence-electron chi connectivity index (χ1n) is 13.0. The second-order valence-corrected chi connectivity index (χ2v) is 11.4. The van der Waals surface area contributed by atoms with Gasteiger partial charge in [0, 0.05) is 32.7 Å². The second-order valence-electron chi connectivity index (χ2n) is 9.46. The Labute approximate surface area is 236 Å². The summed E-state index contributed by atoms with van der Waals surface area (Å²) in [5, 5.41) is 12.0. The highest BCUT2D eigenvalue weighted by Crippen LogP contribution is 2.19. The first kappa shape index (κ1) is 30.8. The molecule has 0 saturated carbocycles. The fourth-order valence-corrected chi connectivity index (χ4v) is 4.94. The predicted molar refractivity (Wildman–Crippen MR) is 154 cm³/mol. The van der Waals surface area contributed by atoms with E-state index in [2.05, 4.69) is 5.32 Å². The first-order chi connectivity index (χ1) is 19.2. The molecule has 9 nitrogen and oxygen atoms in total. The molecule has 0 aliphatic carbocycles. The Morgan fingerprint density at radius 3 is 2.00 bits per heavy atom. The smallest absolute Gasteiger partial charge is 0.243 e. The molecule has 0 aliphatic heterocycles. The molecular weight excluding hydrogens is 530 g/mol. The van der Waals surface area contributed by atoms with E-state index in [1.54, 1.807) is 55.6 Å². The molecule has 2 amide bonds. The Kier molecular flexibility index (Phi) is 11.7. The van der Waals surface area contributed by atoms with E-state index in [1.807, 2.05) is 36.4 Å². The minimum Gasteiger partial charge on any atom is -0.497 e. The number of methoxy groups -OCH3 is 1. The summed E-state index contributed by atoms with van der Waals surface area (Å²) in [6, 6.07) is 24.6. The largest absolute Gasteiger partial charge is 0.497 e. The lowest BCUT2D eigenvalue weighted by Gasteiger charge is -2.33. The summed E-state index contributed by atoms with van der Waals surface area (Å²) in [4.78, 5) is 28.9. The van der Waals surface area contributed by atoms with Gasteiger partial charge in [-0.3, -0.25) is 9.59 Å². The van der Waals surface area contributed by atoms with Crippen LogP contribution in [0.3, 0.4) is 0 Å². The van der Waals surface area contributed by atoms with Crippen molar-refractivity contribution in [1.82, 2.24) is 14.5 Å². The van der Waals surface area contributed by atoms with Crippen molar-refractivity contribution in [1.29, 1.82) is 0 Å². The Bertz CT molecular complexity index is 1320. The molecule has 0 unspecified atom stereocenters. The van der Waals surface area contributed by atoms with Gasteiger partial charge in [-0.15, -0.1) is 0 Å². The van der Waals surface area contributed by atoms with Crippen molar-refractivity contribution in [3.63, 3.8) is 0 Å². The highest BCUT2D eigenvalue weighted by molar-refractivity contribution is 7.88. The molecule has 214 valence electrons. The molecule has 0 aromatic heterocycles. The summed E-state index contributed by atoms with van der Waals surface area (Å²) in [6.45, 7) is -0.167. The van der Waals surface area contributed by atoms with Crippen LogP contribution >= 0.6 is 0 Å². The van der Waals surface area contributed by atoms with Crippen LogP contribution in [-0.2, 0) is 39.1 Å². The number of sulfonamides is 1. The van der Waals surface area contributed by atoms with Crippen LogP contribution in [0.4, 0.5) is 0 Å². The number of nitrogens with one attached hydrogen (secondary N) is 1. The molecule has 0 saturated heterocycles. The molecule has 0 spiro atoms. The van der Waals surface area contributed by atoms with E-state index in [4.69, 9.17) is 4.74 Å². The Morgan fingerprint density at radius 1 is 0.875 bits per heavy atom. The van der Waals surface area contributed by atoms with Gasteiger partial charge in [0.05, 0.1) is 19.9 Å². The van der Waals surface area contributed by atoms with Crippen molar-refractivity contribution in [2.75, 3.05) is 33.1 Å². The SMILES string of the molecule is COc1ccc(CN(C(=O)CN(Cc2ccccc2)S(C)(=O)=O)[C@H](Cc2ccccc2)C(=O)NCCCO)cc1. The average molecular weight is 568 g/mol. The number of carbonyl (C=O) groups is 2. The van der Waals surface area contributed by atoms with Crippen LogP contribution in [0.1, 0.15) is 23.1 Å². The molecule has 0 aliphatic rings. The highest BCUT2D eigenvalue weighted by Gasteiger charge is 2.32. The predicted octanol–water partition coefficient (Wildman–Crippen LogP) is 2.60. The number of amides is 2. The van der Waals surface area contributed by atoms with Gasteiger partial charge in [-0.25, -0.2) is 8.42 Å². The molecule has 1 atom stereocenters. The van der Waals surface area contributed by atoms with Crippen molar-refractivity contribution in [2.24, 2.45) is 0 Å². The maximum atomic E-state index is 14.0. The number of hydrogen-bond donors (Lipinski definition) is 2. The molecule has 2 N–H and O–H groups in total. The van der Waals surface area contributed by atoms with Gasteiger partial charge in [-0.2, -0.15) is 4.31 Å². The van der Waals surface area contributed by atoms with Crippen molar-refractivity contribution >= 4 is 21.8 Å². The summed E-state index contributed by atoms with van der Waals surface area (Å²) in [5.41, 5.74) is 2.34. The molecule has 3 aromatic rings. The van der Waals surface area contributed by atoms with Gasteiger partial charge in [0.15, 0.2) is 0 Å². The molecular formula is C30H37N3O6S. The van der Waals surface area contributed by atoms with Crippen LogP contribution in [0.15, 0.2) is 84.9 Å². The van der Waals surface area contributed by atoms with Gasteiger partial charge in [-0.1, -0.05) is 72.8 Å². The van der Waals surface area contributed by atoms with Gasteiger partial charge in [0.25, 0.3) is 0 Å². The van der Waals surface area contributed by atoms with Crippen LogP contribution < -0.4 is 10.1 Å².